The van der Waals surface area contributed by atoms with Crippen LogP contribution in [0.25, 0.3) is 0 Å². The van der Waals surface area contributed by atoms with E-state index in [9.17, 15) is 9.18 Å². The number of amides is 1. The Hall–Kier alpha value is -0.640. The first-order valence-electron chi connectivity index (χ1n) is 3.46. The topological polar surface area (TPSA) is 41.1 Å². The Morgan fingerprint density at radius 1 is 1.50 bits per heavy atom. The van der Waals surface area contributed by atoms with E-state index in [0.29, 0.717) is 0 Å². The zero-order valence-corrected chi connectivity index (χ0v) is 5.69. The predicted molar refractivity (Wildman–Crippen MR) is 35.5 cm³/mol. The van der Waals surface area contributed by atoms with Gasteiger partial charge in [-0.2, -0.15) is 0 Å². The molecule has 0 saturated carbocycles. The van der Waals surface area contributed by atoms with Crippen molar-refractivity contribution < 1.29 is 9.18 Å². The van der Waals surface area contributed by atoms with E-state index >= 15 is 0 Å². The number of piperidine rings is 1. The lowest BCUT2D eigenvalue weighted by Gasteiger charge is -2.21. The number of halogens is 1. The first-order chi connectivity index (χ1) is 4.79. The number of rotatable bonds is 1. The molecule has 0 aliphatic carbocycles. The fourth-order valence-electron chi connectivity index (χ4n) is 1.13. The molecule has 10 heavy (non-hydrogen) atoms. The zero-order chi connectivity index (χ0) is 7.40. The largest absolute Gasteiger partial charge is 0.397 e. The van der Waals surface area contributed by atoms with Gasteiger partial charge in [-0.25, -0.2) is 4.79 Å². The molecule has 2 N–H and O–H groups in total. The van der Waals surface area contributed by atoms with E-state index in [2.05, 4.69) is 10.6 Å². The molecule has 1 aliphatic heterocycles. The minimum Gasteiger partial charge on any atom is -0.325 e. The van der Waals surface area contributed by atoms with Crippen LogP contribution in [0.5, 0.6) is 0 Å². The molecule has 0 spiro atoms. The van der Waals surface area contributed by atoms with Crippen LogP contribution in [0, 0.1) is 0 Å². The lowest BCUT2D eigenvalue weighted by molar-refractivity contribution is 0.214. The van der Waals surface area contributed by atoms with Crippen LogP contribution in [0.2, 0.25) is 0 Å². The summed E-state index contributed by atoms with van der Waals surface area (Å²) in [5.41, 5.74) is 0. The molecule has 0 aromatic rings. The van der Waals surface area contributed by atoms with Gasteiger partial charge in [-0.05, 0) is 25.9 Å². The van der Waals surface area contributed by atoms with Gasteiger partial charge >= 0.3 is 6.16 Å². The fraction of sp³-hybridized carbons (Fsp3) is 0.833. The van der Waals surface area contributed by atoms with Gasteiger partial charge in [0, 0.05) is 6.04 Å². The summed E-state index contributed by atoms with van der Waals surface area (Å²) < 4.78 is 11.7. The summed E-state index contributed by atoms with van der Waals surface area (Å²) >= 11 is 0. The molecule has 0 radical (unpaired) electrons. The lowest BCUT2D eigenvalue weighted by Crippen LogP contribution is -2.41. The molecular formula is C6H11FN2O. The Morgan fingerprint density at radius 2 is 2.10 bits per heavy atom. The molecule has 0 aromatic heterocycles. The van der Waals surface area contributed by atoms with Crippen LogP contribution in [0.4, 0.5) is 9.18 Å². The maximum Gasteiger partial charge on any atom is 0.397 e. The van der Waals surface area contributed by atoms with Gasteiger partial charge in [-0.15, -0.1) is 4.39 Å². The van der Waals surface area contributed by atoms with Crippen molar-refractivity contribution in [3.05, 3.63) is 0 Å². The van der Waals surface area contributed by atoms with Gasteiger partial charge in [0.15, 0.2) is 0 Å². The first kappa shape index (κ1) is 7.47. The maximum atomic E-state index is 11.7. The van der Waals surface area contributed by atoms with Crippen molar-refractivity contribution in [2.24, 2.45) is 0 Å². The summed E-state index contributed by atoms with van der Waals surface area (Å²) in [6.45, 7) is 1.73. The van der Waals surface area contributed by atoms with E-state index in [0.717, 1.165) is 25.9 Å². The molecule has 1 aliphatic rings. The van der Waals surface area contributed by atoms with E-state index in [1.165, 1.54) is 0 Å². The monoisotopic (exact) mass is 146 g/mol. The van der Waals surface area contributed by atoms with Gasteiger partial charge < -0.3 is 10.6 Å². The Bertz CT molecular complexity index is 123. The van der Waals surface area contributed by atoms with Crippen LogP contribution in [0.15, 0.2) is 0 Å². The summed E-state index contributed by atoms with van der Waals surface area (Å²) in [7, 11) is 0. The molecule has 0 atom stereocenters. The zero-order valence-electron chi connectivity index (χ0n) is 5.69. The van der Waals surface area contributed by atoms with Crippen LogP contribution in [0.3, 0.4) is 0 Å². The van der Waals surface area contributed by atoms with Gasteiger partial charge in [-0.1, -0.05) is 0 Å². The van der Waals surface area contributed by atoms with Crippen LogP contribution in [0.1, 0.15) is 12.8 Å². The second-order valence-corrected chi connectivity index (χ2v) is 2.44. The van der Waals surface area contributed by atoms with Gasteiger partial charge in [0.25, 0.3) is 0 Å². The van der Waals surface area contributed by atoms with Crippen molar-refractivity contribution in [1.82, 2.24) is 10.6 Å². The average molecular weight is 146 g/mol. The summed E-state index contributed by atoms with van der Waals surface area (Å²) in [6.07, 6.45) is 0.248. The highest BCUT2D eigenvalue weighted by molar-refractivity contribution is 5.65. The van der Waals surface area contributed by atoms with Crippen LogP contribution in [-0.2, 0) is 0 Å². The van der Waals surface area contributed by atoms with E-state index in [4.69, 9.17) is 0 Å². The normalized spacial score (nSPS) is 20.5. The second-order valence-electron chi connectivity index (χ2n) is 2.44. The van der Waals surface area contributed by atoms with E-state index < -0.39 is 6.16 Å². The number of hydrogen-bond donors (Lipinski definition) is 2. The molecule has 1 rings (SSSR count). The van der Waals surface area contributed by atoms with Crippen molar-refractivity contribution in [2.45, 2.75) is 18.9 Å². The average Bonchev–Trinajstić information content (AvgIpc) is 1.88. The molecule has 0 aromatic carbocycles. The third kappa shape index (κ3) is 2.31. The maximum absolute atomic E-state index is 11.7. The van der Waals surface area contributed by atoms with Crippen molar-refractivity contribution in [2.75, 3.05) is 13.1 Å². The van der Waals surface area contributed by atoms with Gasteiger partial charge in [-0.3, -0.25) is 0 Å². The SMILES string of the molecule is O=C(F)NC1CCNCC1. The molecule has 0 unspecified atom stereocenters. The molecule has 58 valence electrons. The van der Waals surface area contributed by atoms with Crippen molar-refractivity contribution in [3.8, 4) is 0 Å². The predicted octanol–water partition coefficient (Wildman–Crippen LogP) is 0.417. The number of nitrogens with one attached hydrogen (secondary N) is 2. The smallest absolute Gasteiger partial charge is 0.325 e. The Balaban J connectivity index is 2.19. The number of carbonyl (C=O) groups excluding carboxylic acids is 1. The Morgan fingerprint density at radius 3 is 2.60 bits per heavy atom. The third-order valence-corrected chi connectivity index (χ3v) is 1.66. The highest BCUT2D eigenvalue weighted by atomic mass is 19.1. The summed E-state index contributed by atoms with van der Waals surface area (Å²) in [5.74, 6) is 0. The van der Waals surface area contributed by atoms with Gasteiger partial charge in [0.05, 0.1) is 0 Å². The highest BCUT2D eigenvalue weighted by Crippen LogP contribution is 2.01. The van der Waals surface area contributed by atoms with E-state index in [1.807, 2.05) is 0 Å². The minimum absolute atomic E-state index is 0.0405. The second kappa shape index (κ2) is 3.51. The number of carbonyl (C=O) groups is 1. The molecule has 1 heterocycles. The molecule has 1 saturated heterocycles. The Kier molecular flexibility index (Phi) is 2.62. The molecular weight excluding hydrogens is 135 g/mol. The fourth-order valence-corrected chi connectivity index (χ4v) is 1.13. The van der Waals surface area contributed by atoms with Crippen LogP contribution < -0.4 is 10.6 Å². The van der Waals surface area contributed by atoms with E-state index in [-0.39, 0.29) is 6.04 Å². The van der Waals surface area contributed by atoms with Crippen molar-refractivity contribution in [1.29, 1.82) is 0 Å². The summed E-state index contributed by atoms with van der Waals surface area (Å²) in [5, 5.41) is 5.35. The quantitative estimate of drug-likeness (QED) is 0.415. The standard InChI is InChI=1S/C6H11FN2O/c7-6(10)9-5-1-3-8-4-2-5/h5,8H,1-4H2,(H,9,10). The van der Waals surface area contributed by atoms with E-state index in [1.54, 1.807) is 0 Å². The molecule has 4 heteroatoms. The van der Waals surface area contributed by atoms with Crippen LogP contribution >= 0.6 is 0 Å². The minimum atomic E-state index is -1.41. The van der Waals surface area contributed by atoms with Crippen molar-refractivity contribution in [3.63, 3.8) is 0 Å². The van der Waals surface area contributed by atoms with Gasteiger partial charge in [0.1, 0.15) is 0 Å². The molecule has 1 fully saturated rings. The third-order valence-electron chi connectivity index (χ3n) is 1.66. The Labute approximate surface area is 59.0 Å². The molecule has 1 amide bonds. The molecule has 3 nitrogen and oxygen atoms in total. The van der Waals surface area contributed by atoms with Gasteiger partial charge in [0.2, 0.25) is 0 Å². The highest BCUT2D eigenvalue weighted by Gasteiger charge is 2.13. The first-order valence-corrected chi connectivity index (χ1v) is 3.46. The summed E-state index contributed by atoms with van der Waals surface area (Å²) in [6, 6.07) is 0.0405. The van der Waals surface area contributed by atoms with Crippen molar-refractivity contribution >= 4 is 6.16 Å². The van der Waals surface area contributed by atoms with Crippen LogP contribution in [-0.4, -0.2) is 25.3 Å². The number of hydrogen-bond acceptors (Lipinski definition) is 2. The lowest BCUT2D eigenvalue weighted by atomic mass is 10.1. The summed E-state index contributed by atoms with van der Waals surface area (Å²) in [4.78, 5) is 9.91. The molecule has 0 bridgehead atoms.